The van der Waals surface area contributed by atoms with E-state index in [9.17, 15) is 0 Å². The molecule has 26 heavy (non-hydrogen) atoms. The Hall–Kier alpha value is -3.28. The minimum atomic E-state index is 0.657. The predicted molar refractivity (Wildman–Crippen MR) is 103 cm³/mol. The van der Waals surface area contributed by atoms with E-state index in [0.717, 1.165) is 11.5 Å². The Bertz CT molecular complexity index is 883. The van der Waals surface area contributed by atoms with Crippen molar-refractivity contribution in [2.75, 3.05) is 24.9 Å². The molecule has 0 aliphatic heterocycles. The van der Waals surface area contributed by atoms with Crippen molar-refractivity contribution in [3.63, 3.8) is 0 Å². The first-order chi connectivity index (χ1) is 12.7. The Morgan fingerprint density at radius 3 is 2.42 bits per heavy atom. The first-order valence-corrected chi connectivity index (χ1v) is 8.29. The minimum absolute atomic E-state index is 0.657. The van der Waals surface area contributed by atoms with Gasteiger partial charge in [-0.3, -0.25) is 0 Å². The summed E-state index contributed by atoms with van der Waals surface area (Å²) in [6.45, 7) is 2.81. The summed E-state index contributed by atoms with van der Waals surface area (Å²) in [6.07, 6.45) is 1.53. The molecule has 6 nitrogen and oxygen atoms in total. The fourth-order valence-electron chi connectivity index (χ4n) is 2.58. The molecule has 2 N–H and O–H groups in total. The maximum atomic E-state index is 5.33. The van der Waals surface area contributed by atoms with Gasteiger partial charge < -0.3 is 20.1 Å². The van der Waals surface area contributed by atoms with Gasteiger partial charge >= 0.3 is 0 Å². The van der Waals surface area contributed by atoms with Crippen molar-refractivity contribution < 1.29 is 9.47 Å². The van der Waals surface area contributed by atoms with Gasteiger partial charge in [-0.15, -0.1) is 0 Å². The molecular formula is C20H22N4O2. The normalized spacial score (nSPS) is 10.3. The highest BCUT2D eigenvalue weighted by atomic mass is 16.5. The second-order valence-corrected chi connectivity index (χ2v) is 5.76. The third-order valence-corrected chi connectivity index (χ3v) is 4.04. The molecule has 6 heteroatoms. The fourth-order valence-corrected chi connectivity index (χ4v) is 2.58. The Kier molecular flexibility index (Phi) is 5.53. The Labute approximate surface area is 153 Å². The van der Waals surface area contributed by atoms with Crippen molar-refractivity contribution in [2.45, 2.75) is 13.5 Å². The number of methoxy groups -OCH3 is 2. The average Bonchev–Trinajstić information content (AvgIpc) is 2.67. The molecule has 0 fully saturated rings. The van der Waals surface area contributed by atoms with E-state index < -0.39 is 0 Å². The van der Waals surface area contributed by atoms with E-state index in [1.165, 1.54) is 17.5 Å². The Morgan fingerprint density at radius 2 is 1.65 bits per heavy atom. The van der Waals surface area contributed by atoms with E-state index in [0.29, 0.717) is 23.9 Å². The molecule has 0 aliphatic carbocycles. The van der Waals surface area contributed by atoms with Crippen molar-refractivity contribution in [2.24, 2.45) is 0 Å². The number of aromatic nitrogens is 2. The number of nitrogens with zero attached hydrogens (tertiary/aromatic N) is 2. The second-order valence-electron chi connectivity index (χ2n) is 5.76. The van der Waals surface area contributed by atoms with Crippen LogP contribution >= 0.6 is 0 Å². The minimum Gasteiger partial charge on any atom is -0.493 e. The van der Waals surface area contributed by atoms with Crippen LogP contribution in [0.25, 0.3) is 0 Å². The zero-order valence-corrected chi connectivity index (χ0v) is 15.1. The maximum Gasteiger partial charge on any atom is 0.162 e. The highest BCUT2D eigenvalue weighted by molar-refractivity contribution is 5.62. The number of anilines is 3. The smallest absolute Gasteiger partial charge is 0.162 e. The number of aryl methyl sites for hydroxylation is 1. The molecule has 0 saturated heterocycles. The first kappa shape index (κ1) is 17.5. The molecule has 0 bridgehead atoms. The van der Waals surface area contributed by atoms with Crippen LogP contribution in [0.1, 0.15) is 11.1 Å². The van der Waals surface area contributed by atoms with E-state index in [-0.39, 0.29) is 0 Å². The van der Waals surface area contributed by atoms with Crippen LogP contribution < -0.4 is 20.1 Å². The van der Waals surface area contributed by atoms with Crippen LogP contribution in [0.5, 0.6) is 11.5 Å². The monoisotopic (exact) mass is 350 g/mol. The van der Waals surface area contributed by atoms with Crippen molar-refractivity contribution in [1.29, 1.82) is 0 Å². The van der Waals surface area contributed by atoms with Crippen LogP contribution in [0, 0.1) is 6.92 Å². The van der Waals surface area contributed by atoms with Gasteiger partial charge in [0.05, 0.1) is 14.2 Å². The summed E-state index contributed by atoms with van der Waals surface area (Å²) in [5, 5.41) is 6.59. The van der Waals surface area contributed by atoms with E-state index in [4.69, 9.17) is 9.47 Å². The van der Waals surface area contributed by atoms with Crippen LogP contribution in [0.3, 0.4) is 0 Å². The lowest BCUT2D eigenvalue weighted by Crippen LogP contribution is -2.04. The van der Waals surface area contributed by atoms with E-state index >= 15 is 0 Å². The molecule has 0 aliphatic rings. The number of nitrogens with one attached hydrogen (secondary N) is 2. The molecule has 1 heterocycles. The Balaban J connectivity index is 1.70. The van der Waals surface area contributed by atoms with Gasteiger partial charge in [0.2, 0.25) is 0 Å². The zero-order valence-electron chi connectivity index (χ0n) is 15.1. The van der Waals surface area contributed by atoms with E-state index in [2.05, 4.69) is 39.7 Å². The van der Waals surface area contributed by atoms with Crippen LogP contribution in [0.4, 0.5) is 17.3 Å². The van der Waals surface area contributed by atoms with E-state index in [1.54, 1.807) is 14.2 Å². The highest BCUT2D eigenvalue weighted by Gasteiger charge is 2.06. The molecule has 2 aromatic carbocycles. The largest absolute Gasteiger partial charge is 0.493 e. The lowest BCUT2D eigenvalue weighted by Gasteiger charge is -2.12. The van der Waals surface area contributed by atoms with Crippen LogP contribution in [0.2, 0.25) is 0 Å². The molecule has 3 rings (SSSR count). The summed E-state index contributed by atoms with van der Waals surface area (Å²) in [6, 6.07) is 15.8. The van der Waals surface area contributed by atoms with Crippen molar-refractivity contribution in [1.82, 2.24) is 9.97 Å². The zero-order chi connectivity index (χ0) is 18.4. The summed E-state index contributed by atoms with van der Waals surface area (Å²) in [5.74, 6) is 2.79. The molecule has 3 aromatic rings. The molecule has 0 unspecified atom stereocenters. The van der Waals surface area contributed by atoms with Crippen LogP contribution in [-0.2, 0) is 6.54 Å². The molecular weight excluding hydrogens is 328 g/mol. The van der Waals surface area contributed by atoms with Crippen molar-refractivity contribution in [3.8, 4) is 11.5 Å². The standard InChI is InChI=1S/C20H22N4O2/c1-14-6-4-5-7-15(14)12-21-19-11-20(23-13-22-19)24-16-8-9-17(25-2)18(10-16)26-3/h4-11,13H,12H2,1-3H3,(H2,21,22,23,24). The number of hydrogen-bond acceptors (Lipinski definition) is 6. The lowest BCUT2D eigenvalue weighted by molar-refractivity contribution is 0.355. The lowest BCUT2D eigenvalue weighted by atomic mass is 10.1. The Morgan fingerprint density at radius 1 is 0.885 bits per heavy atom. The SMILES string of the molecule is COc1ccc(Nc2cc(NCc3ccccc3C)ncn2)cc1OC. The summed E-state index contributed by atoms with van der Waals surface area (Å²) in [5.41, 5.74) is 3.34. The molecule has 134 valence electrons. The molecule has 0 spiro atoms. The summed E-state index contributed by atoms with van der Waals surface area (Å²) in [7, 11) is 3.22. The third kappa shape index (κ3) is 4.22. The van der Waals surface area contributed by atoms with Gasteiger partial charge in [0.15, 0.2) is 11.5 Å². The van der Waals surface area contributed by atoms with Crippen LogP contribution in [0.15, 0.2) is 54.9 Å². The van der Waals surface area contributed by atoms with Crippen molar-refractivity contribution >= 4 is 17.3 Å². The molecule has 0 atom stereocenters. The van der Waals surface area contributed by atoms with Gasteiger partial charge in [-0.25, -0.2) is 9.97 Å². The second kappa shape index (κ2) is 8.20. The molecule has 1 aromatic heterocycles. The molecule has 0 radical (unpaired) electrons. The van der Waals surface area contributed by atoms with Gasteiger partial charge in [-0.2, -0.15) is 0 Å². The maximum absolute atomic E-state index is 5.33. The predicted octanol–water partition coefficient (Wildman–Crippen LogP) is 4.16. The van der Waals surface area contributed by atoms with Crippen molar-refractivity contribution in [3.05, 3.63) is 66.0 Å². The molecule has 0 amide bonds. The third-order valence-electron chi connectivity index (χ3n) is 4.04. The summed E-state index contributed by atoms with van der Waals surface area (Å²) < 4.78 is 10.6. The van der Waals surface area contributed by atoms with Gasteiger partial charge in [0.1, 0.15) is 18.0 Å². The van der Waals surface area contributed by atoms with E-state index in [1.807, 2.05) is 36.4 Å². The van der Waals surface area contributed by atoms with Crippen LogP contribution in [-0.4, -0.2) is 24.2 Å². The number of benzene rings is 2. The average molecular weight is 350 g/mol. The summed E-state index contributed by atoms with van der Waals surface area (Å²) >= 11 is 0. The molecule has 0 saturated carbocycles. The number of ether oxygens (including phenoxy) is 2. The topological polar surface area (TPSA) is 68.3 Å². The van der Waals surface area contributed by atoms with Gasteiger partial charge in [-0.1, -0.05) is 24.3 Å². The number of hydrogen-bond donors (Lipinski definition) is 2. The van der Waals surface area contributed by atoms with Gasteiger partial charge in [-0.05, 0) is 30.2 Å². The number of rotatable bonds is 7. The van der Waals surface area contributed by atoms with Gasteiger partial charge in [0, 0.05) is 24.4 Å². The van der Waals surface area contributed by atoms with Gasteiger partial charge in [0.25, 0.3) is 0 Å². The highest BCUT2D eigenvalue weighted by Crippen LogP contribution is 2.30. The first-order valence-electron chi connectivity index (χ1n) is 8.29. The fraction of sp³-hybridized carbons (Fsp3) is 0.200. The summed E-state index contributed by atoms with van der Waals surface area (Å²) in [4.78, 5) is 8.55. The quantitative estimate of drug-likeness (QED) is 0.667.